The fraction of sp³-hybridized carbons (Fsp3) is 0.583. The maximum Gasteiger partial charge on any atom is 0.305 e. The van der Waals surface area contributed by atoms with Crippen LogP contribution in [0.5, 0.6) is 0 Å². The zero-order chi connectivity index (χ0) is 13.9. The van der Waals surface area contributed by atoms with Crippen molar-refractivity contribution < 1.29 is 14.7 Å². The molecule has 0 radical (unpaired) electrons. The molecule has 0 atom stereocenters. The molecule has 1 aromatic heterocycles. The van der Waals surface area contributed by atoms with Crippen molar-refractivity contribution in [2.75, 3.05) is 6.54 Å². The maximum atomic E-state index is 12.3. The summed E-state index contributed by atoms with van der Waals surface area (Å²) in [6, 6.07) is 1.63. The normalized spacial score (nSPS) is 11.3. The summed E-state index contributed by atoms with van der Waals surface area (Å²) in [5.74, 6) is -1.16. The molecule has 1 aromatic rings. The first-order chi connectivity index (χ1) is 8.21. The van der Waals surface area contributed by atoms with Gasteiger partial charge in [-0.1, -0.05) is 0 Å². The average molecular weight is 253 g/mol. The Morgan fingerprint density at radius 3 is 2.44 bits per heavy atom. The lowest BCUT2D eigenvalue weighted by Gasteiger charge is -2.34. The van der Waals surface area contributed by atoms with E-state index in [0.29, 0.717) is 5.69 Å². The van der Waals surface area contributed by atoms with Crippen LogP contribution in [0.15, 0.2) is 12.3 Å². The Balaban J connectivity index is 2.89. The lowest BCUT2D eigenvalue weighted by Crippen LogP contribution is -2.46. The minimum absolute atomic E-state index is 0.0736. The molecule has 6 nitrogen and oxygen atoms in total. The molecule has 0 spiro atoms. The SMILES string of the molecule is Cn1ccc(C(=O)N(CCC(=O)O)C(C)(C)C)n1. The van der Waals surface area contributed by atoms with Gasteiger partial charge in [0.2, 0.25) is 0 Å². The van der Waals surface area contributed by atoms with Crippen molar-refractivity contribution in [3.05, 3.63) is 18.0 Å². The number of aliphatic carboxylic acids is 1. The van der Waals surface area contributed by atoms with Crippen LogP contribution in [0.4, 0.5) is 0 Å². The highest BCUT2D eigenvalue weighted by molar-refractivity contribution is 5.92. The predicted octanol–water partition coefficient (Wildman–Crippen LogP) is 1.14. The van der Waals surface area contributed by atoms with Gasteiger partial charge in [-0.25, -0.2) is 0 Å². The highest BCUT2D eigenvalue weighted by Gasteiger charge is 2.28. The van der Waals surface area contributed by atoms with E-state index in [2.05, 4.69) is 5.10 Å². The third-order valence-electron chi connectivity index (χ3n) is 2.54. The Bertz CT molecular complexity index is 446. The Hall–Kier alpha value is -1.85. The first kappa shape index (κ1) is 14.2. The second-order valence-electron chi connectivity index (χ2n) is 5.15. The van der Waals surface area contributed by atoms with E-state index in [-0.39, 0.29) is 18.9 Å². The molecule has 0 bridgehead atoms. The van der Waals surface area contributed by atoms with Gasteiger partial charge in [-0.15, -0.1) is 0 Å². The average Bonchev–Trinajstić information content (AvgIpc) is 2.62. The molecule has 1 amide bonds. The number of carboxylic acids is 1. The molecule has 0 aromatic carbocycles. The molecular weight excluding hydrogens is 234 g/mol. The van der Waals surface area contributed by atoms with Crippen LogP contribution in [0, 0.1) is 0 Å². The summed E-state index contributed by atoms with van der Waals surface area (Å²) in [6.07, 6.45) is 1.61. The molecule has 1 heterocycles. The summed E-state index contributed by atoms with van der Waals surface area (Å²) in [5.41, 5.74) is -0.109. The lowest BCUT2D eigenvalue weighted by molar-refractivity contribution is -0.137. The summed E-state index contributed by atoms with van der Waals surface area (Å²) in [7, 11) is 1.73. The van der Waals surface area contributed by atoms with Crippen molar-refractivity contribution in [2.45, 2.75) is 32.7 Å². The van der Waals surface area contributed by atoms with Crippen molar-refractivity contribution in [3.8, 4) is 0 Å². The zero-order valence-corrected chi connectivity index (χ0v) is 11.2. The molecule has 100 valence electrons. The predicted molar refractivity (Wildman–Crippen MR) is 66.3 cm³/mol. The molecule has 0 fully saturated rings. The topological polar surface area (TPSA) is 75.4 Å². The number of rotatable bonds is 4. The minimum Gasteiger partial charge on any atom is -0.481 e. The van der Waals surface area contributed by atoms with E-state index in [1.165, 1.54) is 4.90 Å². The summed E-state index contributed by atoms with van der Waals surface area (Å²) in [5, 5.41) is 12.8. The van der Waals surface area contributed by atoms with E-state index in [4.69, 9.17) is 5.11 Å². The number of hydrogen-bond acceptors (Lipinski definition) is 3. The fourth-order valence-corrected chi connectivity index (χ4v) is 1.62. The zero-order valence-electron chi connectivity index (χ0n) is 11.2. The lowest BCUT2D eigenvalue weighted by atomic mass is 10.0. The van der Waals surface area contributed by atoms with Crippen molar-refractivity contribution in [1.29, 1.82) is 0 Å². The van der Waals surface area contributed by atoms with Crippen molar-refractivity contribution in [1.82, 2.24) is 14.7 Å². The number of nitrogens with zero attached hydrogens (tertiary/aromatic N) is 3. The smallest absolute Gasteiger partial charge is 0.305 e. The van der Waals surface area contributed by atoms with E-state index in [9.17, 15) is 9.59 Å². The Morgan fingerprint density at radius 1 is 1.44 bits per heavy atom. The number of carbonyl (C=O) groups is 2. The van der Waals surface area contributed by atoms with E-state index in [1.807, 2.05) is 20.8 Å². The molecule has 18 heavy (non-hydrogen) atoms. The highest BCUT2D eigenvalue weighted by Crippen LogP contribution is 2.17. The molecular formula is C12H19N3O3. The summed E-state index contributed by atoms with van der Waals surface area (Å²) in [6.45, 7) is 5.79. The molecule has 0 aliphatic heterocycles. The summed E-state index contributed by atoms with van der Waals surface area (Å²) < 4.78 is 1.55. The Morgan fingerprint density at radius 2 is 2.06 bits per heavy atom. The molecule has 0 unspecified atom stereocenters. The van der Waals surface area contributed by atoms with E-state index in [0.717, 1.165) is 0 Å². The van der Waals surface area contributed by atoms with Gasteiger partial charge in [0, 0.05) is 25.3 Å². The molecule has 0 saturated carbocycles. The van der Waals surface area contributed by atoms with Gasteiger partial charge < -0.3 is 10.0 Å². The van der Waals surface area contributed by atoms with Crippen molar-refractivity contribution in [3.63, 3.8) is 0 Å². The number of amides is 1. The van der Waals surface area contributed by atoms with Gasteiger partial charge in [0.1, 0.15) is 5.69 Å². The van der Waals surface area contributed by atoms with Crippen LogP contribution in [0.1, 0.15) is 37.7 Å². The van der Waals surface area contributed by atoms with Crippen LogP contribution in [0.25, 0.3) is 0 Å². The van der Waals surface area contributed by atoms with Gasteiger partial charge in [0.25, 0.3) is 5.91 Å². The van der Waals surface area contributed by atoms with Gasteiger partial charge >= 0.3 is 5.97 Å². The number of aromatic nitrogens is 2. The Kier molecular flexibility index (Phi) is 4.11. The van der Waals surface area contributed by atoms with Gasteiger partial charge in [-0.3, -0.25) is 14.3 Å². The first-order valence-corrected chi connectivity index (χ1v) is 5.75. The van der Waals surface area contributed by atoms with Crippen molar-refractivity contribution in [2.24, 2.45) is 7.05 Å². The first-order valence-electron chi connectivity index (χ1n) is 5.75. The molecule has 0 aliphatic rings. The van der Waals surface area contributed by atoms with E-state index < -0.39 is 11.5 Å². The van der Waals surface area contributed by atoms with Crippen LogP contribution in [0.3, 0.4) is 0 Å². The van der Waals surface area contributed by atoms with Gasteiger partial charge in [-0.2, -0.15) is 5.10 Å². The van der Waals surface area contributed by atoms with Gasteiger partial charge in [0.15, 0.2) is 0 Å². The second kappa shape index (κ2) is 5.20. The maximum absolute atomic E-state index is 12.3. The number of aryl methyl sites for hydroxylation is 1. The number of carbonyl (C=O) groups excluding carboxylic acids is 1. The second-order valence-corrected chi connectivity index (χ2v) is 5.15. The van der Waals surface area contributed by atoms with Crippen molar-refractivity contribution >= 4 is 11.9 Å². The van der Waals surface area contributed by atoms with E-state index in [1.54, 1.807) is 24.0 Å². The summed E-state index contributed by atoms with van der Waals surface area (Å²) in [4.78, 5) is 24.4. The molecule has 1 rings (SSSR count). The largest absolute Gasteiger partial charge is 0.481 e. The molecule has 6 heteroatoms. The third-order valence-corrected chi connectivity index (χ3v) is 2.54. The monoisotopic (exact) mass is 253 g/mol. The number of carboxylic acid groups (broad SMARTS) is 1. The minimum atomic E-state index is -0.918. The molecule has 0 saturated heterocycles. The van der Waals surface area contributed by atoms with E-state index >= 15 is 0 Å². The third kappa shape index (κ3) is 3.58. The molecule has 1 N–H and O–H groups in total. The standard InChI is InChI=1S/C12H19N3O3/c1-12(2,3)15(8-6-10(16)17)11(18)9-5-7-14(4)13-9/h5,7H,6,8H2,1-4H3,(H,16,17). The Labute approximate surface area is 106 Å². The van der Waals surface area contributed by atoms with Crippen LogP contribution in [-0.4, -0.2) is 43.7 Å². The fourth-order valence-electron chi connectivity index (χ4n) is 1.62. The summed E-state index contributed by atoms with van der Waals surface area (Å²) >= 11 is 0. The quantitative estimate of drug-likeness (QED) is 0.873. The highest BCUT2D eigenvalue weighted by atomic mass is 16.4. The molecule has 0 aliphatic carbocycles. The van der Waals surface area contributed by atoms with Crippen LogP contribution in [0.2, 0.25) is 0 Å². The van der Waals surface area contributed by atoms with Gasteiger partial charge in [0.05, 0.1) is 6.42 Å². The van der Waals surface area contributed by atoms with Gasteiger partial charge in [-0.05, 0) is 26.8 Å². The number of hydrogen-bond donors (Lipinski definition) is 1. The van der Waals surface area contributed by atoms with Crippen LogP contribution < -0.4 is 0 Å². The van der Waals surface area contributed by atoms with Crippen LogP contribution in [-0.2, 0) is 11.8 Å². The van der Waals surface area contributed by atoms with Crippen LogP contribution >= 0.6 is 0 Å².